The van der Waals surface area contributed by atoms with Crippen LogP contribution >= 0.6 is 0 Å². The van der Waals surface area contributed by atoms with Gasteiger partial charge in [0.2, 0.25) is 0 Å². The van der Waals surface area contributed by atoms with Gasteiger partial charge in [-0.2, -0.15) is 0 Å². The van der Waals surface area contributed by atoms with E-state index in [1.54, 1.807) is 0 Å². The Morgan fingerprint density at radius 1 is 1.31 bits per heavy atom. The van der Waals surface area contributed by atoms with Crippen LogP contribution in [0.1, 0.15) is 19.8 Å². The quantitative estimate of drug-likeness (QED) is 0.641. The van der Waals surface area contributed by atoms with Crippen molar-refractivity contribution in [1.82, 2.24) is 10.2 Å². The van der Waals surface area contributed by atoms with Crippen LogP contribution in [-0.4, -0.2) is 49.8 Å². The van der Waals surface area contributed by atoms with Gasteiger partial charge in [-0.05, 0) is 26.3 Å². The Labute approximate surface area is 80.4 Å². The van der Waals surface area contributed by atoms with Gasteiger partial charge in [-0.15, -0.1) is 0 Å². The lowest BCUT2D eigenvalue weighted by Gasteiger charge is -2.38. The van der Waals surface area contributed by atoms with Crippen LogP contribution in [0.2, 0.25) is 0 Å². The van der Waals surface area contributed by atoms with E-state index in [1.807, 2.05) is 0 Å². The fraction of sp³-hybridized carbons (Fsp3) is 1.00. The molecule has 2 aliphatic rings. The summed E-state index contributed by atoms with van der Waals surface area (Å²) < 4.78 is 5.36. The number of piperidine rings is 1. The minimum atomic E-state index is 0.696. The first-order chi connectivity index (χ1) is 6.36. The van der Waals surface area contributed by atoms with Crippen LogP contribution in [0.25, 0.3) is 0 Å². The second-order valence-electron chi connectivity index (χ2n) is 4.18. The van der Waals surface area contributed by atoms with E-state index in [-0.39, 0.29) is 0 Å². The molecule has 76 valence electrons. The average Bonchev–Trinajstić information content (AvgIpc) is 2.19. The summed E-state index contributed by atoms with van der Waals surface area (Å²) in [4.78, 5) is 2.60. The molecule has 0 aromatic heterocycles. The van der Waals surface area contributed by atoms with Crippen LogP contribution in [0, 0.1) is 0 Å². The first kappa shape index (κ1) is 9.44. The van der Waals surface area contributed by atoms with Gasteiger partial charge in [0.05, 0.1) is 13.2 Å². The summed E-state index contributed by atoms with van der Waals surface area (Å²) in [5, 5.41) is 3.49. The van der Waals surface area contributed by atoms with Crippen molar-refractivity contribution in [3.63, 3.8) is 0 Å². The zero-order chi connectivity index (χ0) is 9.10. The lowest BCUT2D eigenvalue weighted by Crippen LogP contribution is -2.50. The molecule has 2 aliphatic heterocycles. The van der Waals surface area contributed by atoms with E-state index in [2.05, 4.69) is 17.1 Å². The fourth-order valence-corrected chi connectivity index (χ4v) is 2.38. The third-order valence-electron chi connectivity index (χ3n) is 3.16. The van der Waals surface area contributed by atoms with Crippen molar-refractivity contribution >= 4 is 0 Å². The normalized spacial score (nSPS) is 37.6. The topological polar surface area (TPSA) is 24.5 Å². The standard InChI is InChI=1S/C10H20N2O/c1-9-8-10(2-3-11-9)12-4-6-13-7-5-12/h9-11H,2-8H2,1H3. The van der Waals surface area contributed by atoms with Crippen LogP contribution in [0.5, 0.6) is 0 Å². The van der Waals surface area contributed by atoms with Crippen molar-refractivity contribution < 1.29 is 4.74 Å². The van der Waals surface area contributed by atoms with Gasteiger partial charge in [0, 0.05) is 25.2 Å². The summed E-state index contributed by atoms with van der Waals surface area (Å²) in [5.74, 6) is 0. The van der Waals surface area contributed by atoms with Gasteiger partial charge in [-0.1, -0.05) is 0 Å². The van der Waals surface area contributed by atoms with Crippen LogP contribution < -0.4 is 5.32 Å². The second-order valence-corrected chi connectivity index (χ2v) is 4.18. The molecule has 0 amide bonds. The van der Waals surface area contributed by atoms with Crippen LogP contribution in [0.3, 0.4) is 0 Å². The summed E-state index contributed by atoms with van der Waals surface area (Å²) in [6.45, 7) is 7.60. The SMILES string of the molecule is CC1CC(N2CCOCC2)CCN1. The van der Waals surface area contributed by atoms with Gasteiger partial charge in [0.25, 0.3) is 0 Å². The molecule has 0 aromatic rings. The predicted octanol–water partition coefficient (Wildman–Crippen LogP) is 0.459. The Bertz CT molecular complexity index is 157. The molecule has 0 radical (unpaired) electrons. The van der Waals surface area contributed by atoms with Gasteiger partial charge < -0.3 is 10.1 Å². The highest BCUT2D eigenvalue weighted by molar-refractivity contribution is 4.83. The van der Waals surface area contributed by atoms with E-state index in [4.69, 9.17) is 4.74 Å². The highest BCUT2D eigenvalue weighted by atomic mass is 16.5. The van der Waals surface area contributed by atoms with Crippen LogP contribution in [-0.2, 0) is 4.74 Å². The summed E-state index contributed by atoms with van der Waals surface area (Å²) in [5.41, 5.74) is 0. The van der Waals surface area contributed by atoms with Gasteiger partial charge in [0.1, 0.15) is 0 Å². The molecule has 2 rings (SSSR count). The second kappa shape index (κ2) is 4.40. The maximum atomic E-state index is 5.36. The highest BCUT2D eigenvalue weighted by Crippen LogP contribution is 2.16. The third-order valence-corrected chi connectivity index (χ3v) is 3.16. The molecular formula is C10H20N2O. The van der Waals surface area contributed by atoms with E-state index < -0.39 is 0 Å². The van der Waals surface area contributed by atoms with E-state index in [0.717, 1.165) is 32.3 Å². The Kier molecular flexibility index (Phi) is 3.19. The number of hydrogen-bond donors (Lipinski definition) is 1. The first-order valence-electron chi connectivity index (χ1n) is 5.41. The molecule has 2 saturated heterocycles. The van der Waals surface area contributed by atoms with Gasteiger partial charge in [-0.3, -0.25) is 4.90 Å². The molecule has 0 bridgehead atoms. The fourth-order valence-electron chi connectivity index (χ4n) is 2.38. The third kappa shape index (κ3) is 2.42. The molecule has 0 aliphatic carbocycles. The van der Waals surface area contributed by atoms with Crippen LogP contribution in [0.4, 0.5) is 0 Å². The highest BCUT2D eigenvalue weighted by Gasteiger charge is 2.25. The molecule has 0 spiro atoms. The van der Waals surface area contributed by atoms with Gasteiger partial charge in [0.15, 0.2) is 0 Å². The van der Waals surface area contributed by atoms with E-state index >= 15 is 0 Å². The Morgan fingerprint density at radius 2 is 2.08 bits per heavy atom. The van der Waals surface area contributed by atoms with E-state index in [1.165, 1.54) is 19.4 Å². The molecule has 13 heavy (non-hydrogen) atoms. The molecular weight excluding hydrogens is 164 g/mol. The van der Waals surface area contributed by atoms with Crippen molar-refractivity contribution in [3.05, 3.63) is 0 Å². The van der Waals surface area contributed by atoms with Gasteiger partial charge in [-0.25, -0.2) is 0 Å². The number of rotatable bonds is 1. The number of nitrogens with zero attached hydrogens (tertiary/aromatic N) is 1. The Balaban J connectivity index is 1.83. The summed E-state index contributed by atoms with van der Waals surface area (Å²) >= 11 is 0. The van der Waals surface area contributed by atoms with E-state index in [9.17, 15) is 0 Å². The zero-order valence-corrected chi connectivity index (χ0v) is 8.46. The molecule has 0 saturated carbocycles. The Hall–Kier alpha value is -0.120. The molecule has 2 atom stereocenters. The van der Waals surface area contributed by atoms with Crippen molar-refractivity contribution in [1.29, 1.82) is 0 Å². The largest absolute Gasteiger partial charge is 0.379 e. The molecule has 3 nitrogen and oxygen atoms in total. The van der Waals surface area contributed by atoms with Crippen LogP contribution in [0.15, 0.2) is 0 Å². The number of hydrogen-bond acceptors (Lipinski definition) is 3. The zero-order valence-electron chi connectivity index (χ0n) is 8.46. The smallest absolute Gasteiger partial charge is 0.0594 e. The van der Waals surface area contributed by atoms with Crippen molar-refractivity contribution in [3.8, 4) is 0 Å². The van der Waals surface area contributed by atoms with Crippen molar-refractivity contribution in [2.24, 2.45) is 0 Å². The molecule has 3 heteroatoms. The minimum Gasteiger partial charge on any atom is -0.379 e. The maximum Gasteiger partial charge on any atom is 0.0594 e. The minimum absolute atomic E-state index is 0.696. The number of nitrogens with one attached hydrogen (secondary N) is 1. The molecule has 1 N–H and O–H groups in total. The van der Waals surface area contributed by atoms with Gasteiger partial charge >= 0.3 is 0 Å². The molecule has 0 aromatic carbocycles. The number of morpholine rings is 1. The molecule has 2 heterocycles. The first-order valence-corrected chi connectivity index (χ1v) is 5.41. The molecule has 2 unspecified atom stereocenters. The summed E-state index contributed by atoms with van der Waals surface area (Å²) in [6, 6.07) is 1.50. The summed E-state index contributed by atoms with van der Waals surface area (Å²) in [6.07, 6.45) is 2.62. The monoisotopic (exact) mass is 184 g/mol. The average molecular weight is 184 g/mol. The lowest BCUT2D eigenvalue weighted by molar-refractivity contribution is 0.00702. The number of ether oxygens (including phenoxy) is 1. The predicted molar refractivity (Wildman–Crippen MR) is 52.9 cm³/mol. The lowest BCUT2D eigenvalue weighted by atomic mass is 9.99. The Morgan fingerprint density at radius 3 is 2.77 bits per heavy atom. The van der Waals surface area contributed by atoms with E-state index in [0.29, 0.717) is 6.04 Å². The summed E-state index contributed by atoms with van der Waals surface area (Å²) in [7, 11) is 0. The molecule has 2 fully saturated rings. The maximum absolute atomic E-state index is 5.36. The van der Waals surface area contributed by atoms with Crippen molar-refractivity contribution in [2.75, 3.05) is 32.8 Å². The van der Waals surface area contributed by atoms with Crippen molar-refractivity contribution in [2.45, 2.75) is 31.8 Å².